The molecule has 1 saturated heterocycles. The second kappa shape index (κ2) is 8.34. The molecule has 6 heteroatoms. The number of hydrogen-bond donors (Lipinski definition) is 1. The topological polar surface area (TPSA) is 67.4 Å². The molecule has 4 atom stereocenters. The normalized spacial score (nSPS) is 28.2. The zero-order chi connectivity index (χ0) is 20.5. The average molecular weight is 407 g/mol. The van der Waals surface area contributed by atoms with Crippen LogP contribution in [0.25, 0.3) is 11.3 Å². The monoisotopic (exact) mass is 406 g/mol. The second-order valence-electron chi connectivity index (χ2n) is 9.16. The van der Waals surface area contributed by atoms with Gasteiger partial charge in [-0.15, -0.1) is 10.2 Å². The summed E-state index contributed by atoms with van der Waals surface area (Å²) in [7, 11) is 0. The van der Waals surface area contributed by atoms with E-state index >= 15 is 0 Å². The average Bonchev–Trinajstić information content (AvgIpc) is 3.50. The lowest BCUT2D eigenvalue weighted by Crippen LogP contribution is -2.50. The lowest BCUT2D eigenvalue weighted by molar-refractivity contribution is -0.122. The molecule has 30 heavy (non-hydrogen) atoms. The molecule has 158 valence electrons. The summed E-state index contributed by atoms with van der Waals surface area (Å²) in [6.07, 6.45) is 4.69. The van der Waals surface area contributed by atoms with Crippen LogP contribution in [0.4, 0.5) is 5.82 Å². The molecule has 5 rings (SSSR count). The molecule has 1 aliphatic heterocycles. The Hall–Kier alpha value is -2.47. The number of ether oxygens (including phenoxy) is 1. The van der Waals surface area contributed by atoms with Crippen molar-refractivity contribution < 1.29 is 9.53 Å². The Morgan fingerprint density at radius 2 is 1.83 bits per heavy atom. The van der Waals surface area contributed by atoms with Gasteiger partial charge >= 0.3 is 0 Å². The first-order valence-electron chi connectivity index (χ1n) is 11.2. The van der Waals surface area contributed by atoms with Gasteiger partial charge in [0.05, 0.1) is 17.8 Å². The van der Waals surface area contributed by atoms with E-state index < -0.39 is 0 Å². The molecule has 2 aromatic rings. The van der Waals surface area contributed by atoms with Gasteiger partial charge in [-0.3, -0.25) is 4.79 Å². The van der Waals surface area contributed by atoms with Crippen LogP contribution in [0.1, 0.15) is 32.6 Å². The van der Waals surface area contributed by atoms with Crippen molar-refractivity contribution in [2.45, 2.75) is 44.8 Å². The van der Waals surface area contributed by atoms with Crippen LogP contribution < -0.4 is 10.2 Å². The van der Waals surface area contributed by atoms with Crippen molar-refractivity contribution in [3.05, 3.63) is 42.5 Å². The van der Waals surface area contributed by atoms with E-state index in [0.29, 0.717) is 11.8 Å². The highest BCUT2D eigenvalue weighted by molar-refractivity contribution is 5.73. The van der Waals surface area contributed by atoms with E-state index in [1.807, 2.05) is 18.2 Å². The molecule has 6 nitrogen and oxygen atoms in total. The van der Waals surface area contributed by atoms with Crippen LogP contribution in [0.2, 0.25) is 0 Å². The predicted octanol–water partition coefficient (Wildman–Crippen LogP) is 3.29. The molecular weight excluding hydrogens is 376 g/mol. The molecule has 2 saturated carbocycles. The highest BCUT2D eigenvalue weighted by atomic mass is 16.5. The van der Waals surface area contributed by atoms with Gasteiger partial charge in [0.1, 0.15) is 0 Å². The number of fused-ring (bicyclic) bond motifs is 1. The maximum Gasteiger partial charge on any atom is 0.217 e. The summed E-state index contributed by atoms with van der Waals surface area (Å²) < 4.78 is 6.27. The Morgan fingerprint density at radius 1 is 1.07 bits per heavy atom. The number of rotatable bonds is 6. The highest BCUT2D eigenvalue weighted by Crippen LogP contribution is 2.40. The first-order valence-corrected chi connectivity index (χ1v) is 11.2. The van der Waals surface area contributed by atoms with Gasteiger partial charge in [0, 0.05) is 32.2 Å². The van der Waals surface area contributed by atoms with E-state index in [-0.39, 0.29) is 18.1 Å². The Balaban J connectivity index is 1.26. The van der Waals surface area contributed by atoms with E-state index in [2.05, 4.69) is 44.7 Å². The van der Waals surface area contributed by atoms with E-state index in [0.717, 1.165) is 55.5 Å². The fourth-order valence-corrected chi connectivity index (χ4v) is 5.00. The smallest absolute Gasteiger partial charge is 0.217 e. The van der Waals surface area contributed by atoms with Gasteiger partial charge in [-0.1, -0.05) is 30.3 Å². The van der Waals surface area contributed by atoms with Crippen molar-refractivity contribution in [3.8, 4) is 11.3 Å². The van der Waals surface area contributed by atoms with Crippen LogP contribution in [0.15, 0.2) is 42.5 Å². The third-order valence-electron chi connectivity index (χ3n) is 6.79. The van der Waals surface area contributed by atoms with Crippen molar-refractivity contribution in [3.63, 3.8) is 0 Å². The number of carbonyl (C=O) groups excluding carboxylic acids is 1. The van der Waals surface area contributed by atoms with E-state index in [9.17, 15) is 4.79 Å². The number of carbonyl (C=O) groups is 1. The number of nitrogens with one attached hydrogen (secondary N) is 1. The van der Waals surface area contributed by atoms with Gasteiger partial charge in [0.25, 0.3) is 0 Å². The lowest BCUT2D eigenvalue weighted by atomic mass is 9.77. The minimum atomic E-state index is 0.0377. The number of nitrogens with zero attached hydrogens (tertiary/aromatic N) is 3. The van der Waals surface area contributed by atoms with Crippen molar-refractivity contribution in [2.75, 3.05) is 24.6 Å². The van der Waals surface area contributed by atoms with Crippen molar-refractivity contribution >= 4 is 11.7 Å². The second-order valence-corrected chi connectivity index (χ2v) is 9.16. The molecule has 1 amide bonds. The third kappa shape index (κ3) is 4.33. The number of anilines is 1. The van der Waals surface area contributed by atoms with Gasteiger partial charge < -0.3 is 15.0 Å². The fraction of sp³-hybridized carbons (Fsp3) is 0.542. The highest BCUT2D eigenvalue weighted by Gasteiger charge is 2.43. The summed E-state index contributed by atoms with van der Waals surface area (Å²) in [5.74, 6) is 2.85. The van der Waals surface area contributed by atoms with E-state index in [1.165, 1.54) is 12.8 Å². The van der Waals surface area contributed by atoms with Gasteiger partial charge in [-0.25, -0.2) is 0 Å². The van der Waals surface area contributed by atoms with E-state index in [4.69, 9.17) is 4.74 Å². The molecule has 3 fully saturated rings. The molecule has 0 bridgehead atoms. The minimum Gasteiger partial charge on any atom is -0.376 e. The Morgan fingerprint density at radius 3 is 2.50 bits per heavy atom. The molecule has 0 spiro atoms. The predicted molar refractivity (Wildman–Crippen MR) is 116 cm³/mol. The molecule has 3 aliphatic rings. The summed E-state index contributed by atoms with van der Waals surface area (Å²) in [5, 5.41) is 12.1. The molecule has 0 radical (unpaired) electrons. The van der Waals surface area contributed by atoms with Crippen LogP contribution in [0.5, 0.6) is 0 Å². The third-order valence-corrected chi connectivity index (χ3v) is 6.79. The molecule has 2 aliphatic carbocycles. The molecule has 2 heterocycles. The zero-order valence-corrected chi connectivity index (χ0v) is 17.5. The maximum absolute atomic E-state index is 11.7. The minimum absolute atomic E-state index is 0.0377. The van der Waals surface area contributed by atoms with Crippen molar-refractivity contribution in [1.82, 2.24) is 15.5 Å². The van der Waals surface area contributed by atoms with Crippen LogP contribution in [-0.2, 0) is 9.53 Å². The van der Waals surface area contributed by atoms with Crippen LogP contribution in [-0.4, -0.2) is 47.9 Å². The number of amides is 1. The van der Waals surface area contributed by atoms with Gasteiger partial charge in [-0.2, -0.15) is 0 Å². The molecule has 0 unspecified atom stereocenters. The van der Waals surface area contributed by atoms with Gasteiger partial charge in [0.2, 0.25) is 5.91 Å². The number of hydrogen-bond acceptors (Lipinski definition) is 5. The lowest BCUT2D eigenvalue weighted by Gasteiger charge is -2.38. The number of benzene rings is 1. The molecule has 1 N–H and O–H groups in total. The molecular formula is C24H30N4O2. The molecule has 1 aromatic carbocycles. The maximum atomic E-state index is 11.7. The van der Waals surface area contributed by atoms with Crippen LogP contribution in [0, 0.1) is 17.8 Å². The van der Waals surface area contributed by atoms with Crippen LogP contribution >= 0.6 is 0 Å². The Bertz CT molecular complexity index is 869. The largest absolute Gasteiger partial charge is 0.376 e. The summed E-state index contributed by atoms with van der Waals surface area (Å²) in [5.41, 5.74) is 1.98. The summed E-state index contributed by atoms with van der Waals surface area (Å²) in [6.45, 7) is 4.40. The first-order chi connectivity index (χ1) is 14.7. The molecule has 1 aromatic heterocycles. The van der Waals surface area contributed by atoms with Crippen LogP contribution in [0.3, 0.4) is 0 Å². The van der Waals surface area contributed by atoms with Gasteiger partial charge in [0.15, 0.2) is 5.82 Å². The number of aromatic nitrogens is 2. The van der Waals surface area contributed by atoms with Gasteiger partial charge in [-0.05, 0) is 55.6 Å². The Kier molecular flexibility index (Phi) is 5.42. The quantitative estimate of drug-likeness (QED) is 0.797. The summed E-state index contributed by atoms with van der Waals surface area (Å²) >= 11 is 0. The van der Waals surface area contributed by atoms with Crippen molar-refractivity contribution in [1.29, 1.82) is 0 Å². The van der Waals surface area contributed by atoms with E-state index in [1.54, 1.807) is 6.92 Å². The van der Waals surface area contributed by atoms with Crippen molar-refractivity contribution in [2.24, 2.45) is 17.8 Å². The standard InChI is InChI=1S/C24H30N4O2/c1-16(29)25-22-11-19-13-28(14-20(19)12-23(22)30-15-17-7-8-17)24-10-9-21(26-27-24)18-5-3-2-4-6-18/h2-6,9-10,17,19-20,22-23H,7-8,11-15H2,1H3,(H,25,29)/t19-,20+,22-,23-/m1/s1. The summed E-state index contributed by atoms with van der Waals surface area (Å²) in [6, 6.07) is 14.4. The SMILES string of the molecule is CC(=O)N[C@@H]1C[C@@H]2CN(c3ccc(-c4ccccc4)nn3)C[C@@H]2C[C@H]1OCC1CC1. The fourth-order valence-electron chi connectivity index (χ4n) is 5.00. The Labute approximate surface area is 178 Å². The summed E-state index contributed by atoms with van der Waals surface area (Å²) in [4.78, 5) is 14.1. The first kappa shape index (κ1) is 19.5. The zero-order valence-electron chi connectivity index (χ0n) is 17.5.